The second-order valence-electron chi connectivity index (χ2n) is 4.28. The highest BCUT2D eigenvalue weighted by molar-refractivity contribution is 7.87. The molecule has 1 rings (SSSR count). The first-order valence-electron chi connectivity index (χ1n) is 5.45. The van der Waals surface area contributed by atoms with Crippen LogP contribution < -0.4 is 15.2 Å². The molecule has 0 spiro atoms. The van der Waals surface area contributed by atoms with Crippen molar-refractivity contribution >= 4 is 15.9 Å². The van der Waals surface area contributed by atoms with Gasteiger partial charge in [-0.2, -0.15) is 17.9 Å². The lowest BCUT2D eigenvalue weighted by molar-refractivity contribution is 0.541. The van der Waals surface area contributed by atoms with Crippen LogP contribution in [0.2, 0.25) is 0 Å². The van der Waals surface area contributed by atoms with Gasteiger partial charge in [0.15, 0.2) is 0 Å². The van der Waals surface area contributed by atoms with Crippen molar-refractivity contribution in [2.75, 3.05) is 5.73 Å². The zero-order valence-corrected chi connectivity index (χ0v) is 11.1. The Balaban J connectivity index is 2.72. The summed E-state index contributed by atoms with van der Waals surface area (Å²) in [5.41, 5.74) is 7.09. The topological polar surface area (TPSA) is 84.2 Å². The van der Waals surface area contributed by atoms with E-state index in [1.807, 2.05) is 0 Å². The fourth-order valence-electron chi connectivity index (χ4n) is 1.43. The average Bonchev–Trinajstić information content (AvgIpc) is 2.15. The van der Waals surface area contributed by atoms with Crippen LogP contribution in [-0.2, 0) is 10.2 Å². The van der Waals surface area contributed by atoms with E-state index in [1.54, 1.807) is 45.0 Å². The molecule has 0 aliphatic heterocycles. The van der Waals surface area contributed by atoms with Crippen molar-refractivity contribution in [3.8, 4) is 0 Å². The molecular weight excluding hydrogens is 238 g/mol. The monoisotopic (exact) mass is 257 g/mol. The number of hydrogen-bond donors (Lipinski definition) is 3. The van der Waals surface area contributed by atoms with E-state index in [2.05, 4.69) is 9.44 Å². The minimum atomic E-state index is -3.47. The molecule has 0 fully saturated rings. The van der Waals surface area contributed by atoms with Gasteiger partial charge < -0.3 is 5.73 Å². The third kappa shape index (κ3) is 4.72. The van der Waals surface area contributed by atoms with Gasteiger partial charge in [0.25, 0.3) is 10.2 Å². The van der Waals surface area contributed by atoms with Crippen molar-refractivity contribution in [1.29, 1.82) is 0 Å². The standard InChI is InChI=1S/C11H19N3O2S/c1-8(2)13-17(15,16)14-9(3)10-4-6-11(12)7-5-10/h4-9,13-14H,12H2,1-3H3. The Bertz CT molecular complexity index is 454. The molecule has 0 heterocycles. The van der Waals surface area contributed by atoms with Crippen LogP contribution in [0.5, 0.6) is 0 Å². The lowest BCUT2D eigenvalue weighted by atomic mass is 10.1. The third-order valence-corrected chi connectivity index (χ3v) is 3.60. The minimum absolute atomic E-state index is 0.133. The average molecular weight is 257 g/mol. The highest BCUT2D eigenvalue weighted by atomic mass is 32.2. The van der Waals surface area contributed by atoms with E-state index in [0.717, 1.165) is 5.56 Å². The molecule has 0 amide bonds. The van der Waals surface area contributed by atoms with Gasteiger partial charge in [0.2, 0.25) is 0 Å². The number of nitrogens with one attached hydrogen (secondary N) is 2. The molecule has 1 aromatic rings. The first kappa shape index (κ1) is 14.0. The van der Waals surface area contributed by atoms with Crippen LogP contribution in [0.1, 0.15) is 32.4 Å². The molecule has 0 saturated heterocycles. The SMILES string of the molecule is CC(C)NS(=O)(=O)NC(C)c1ccc(N)cc1. The molecular formula is C11H19N3O2S. The Morgan fingerprint density at radius 3 is 2.06 bits per heavy atom. The van der Waals surface area contributed by atoms with Gasteiger partial charge in [0.05, 0.1) is 0 Å². The van der Waals surface area contributed by atoms with Gasteiger partial charge in [-0.05, 0) is 38.5 Å². The summed E-state index contributed by atoms with van der Waals surface area (Å²) in [6.45, 7) is 5.32. The molecule has 96 valence electrons. The van der Waals surface area contributed by atoms with E-state index >= 15 is 0 Å². The Hall–Kier alpha value is -1.11. The molecule has 0 aromatic heterocycles. The van der Waals surface area contributed by atoms with E-state index < -0.39 is 10.2 Å². The zero-order valence-electron chi connectivity index (χ0n) is 10.3. The third-order valence-electron chi connectivity index (χ3n) is 2.16. The van der Waals surface area contributed by atoms with Crippen molar-refractivity contribution in [3.63, 3.8) is 0 Å². The van der Waals surface area contributed by atoms with Crippen LogP contribution in [0.15, 0.2) is 24.3 Å². The van der Waals surface area contributed by atoms with Gasteiger partial charge >= 0.3 is 0 Å². The molecule has 0 aliphatic carbocycles. The van der Waals surface area contributed by atoms with Crippen LogP contribution in [0, 0.1) is 0 Å². The first-order valence-corrected chi connectivity index (χ1v) is 6.93. The predicted octanol–water partition coefficient (Wildman–Crippen LogP) is 1.16. The summed E-state index contributed by atoms with van der Waals surface area (Å²) in [6, 6.07) is 6.67. The van der Waals surface area contributed by atoms with Crippen LogP contribution in [0.25, 0.3) is 0 Å². The maximum atomic E-state index is 11.6. The predicted molar refractivity (Wildman–Crippen MR) is 69.6 cm³/mol. The molecule has 6 heteroatoms. The van der Waals surface area contributed by atoms with E-state index in [9.17, 15) is 8.42 Å². The van der Waals surface area contributed by atoms with E-state index in [4.69, 9.17) is 5.73 Å². The Morgan fingerprint density at radius 1 is 1.06 bits per heavy atom. The molecule has 0 saturated carbocycles. The summed E-state index contributed by atoms with van der Waals surface area (Å²) in [6.07, 6.45) is 0. The molecule has 17 heavy (non-hydrogen) atoms. The Kier molecular flexibility index (Phi) is 4.50. The highest BCUT2D eigenvalue weighted by Crippen LogP contribution is 2.14. The summed E-state index contributed by atoms with van der Waals surface area (Å²) < 4.78 is 28.3. The van der Waals surface area contributed by atoms with Crippen LogP contribution >= 0.6 is 0 Å². The first-order chi connectivity index (χ1) is 7.80. The zero-order chi connectivity index (χ0) is 13.1. The second-order valence-corrected chi connectivity index (χ2v) is 5.76. The quantitative estimate of drug-likeness (QED) is 0.692. The van der Waals surface area contributed by atoms with E-state index in [0.29, 0.717) is 5.69 Å². The molecule has 0 bridgehead atoms. The number of nitrogens with two attached hydrogens (primary N) is 1. The van der Waals surface area contributed by atoms with Gasteiger partial charge in [-0.3, -0.25) is 0 Å². The largest absolute Gasteiger partial charge is 0.399 e. The molecule has 1 atom stereocenters. The summed E-state index contributed by atoms with van der Waals surface area (Å²) in [5.74, 6) is 0. The fourth-order valence-corrected chi connectivity index (χ4v) is 2.72. The van der Waals surface area contributed by atoms with Crippen molar-refractivity contribution in [2.24, 2.45) is 0 Å². The number of anilines is 1. The summed E-state index contributed by atoms with van der Waals surface area (Å²) in [4.78, 5) is 0. The van der Waals surface area contributed by atoms with Crippen molar-refractivity contribution < 1.29 is 8.42 Å². The van der Waals surface area contributed by atoms with Gasteiger partial charge in [-0.25, -0.2) is 0 Å². The van der Waals surface area contributed by atoms with Crippen molar-refractivity contribution in [1.82, 2.24) is 9.44 Å². The van der Waals surface area contributed by atoms with E-state index in [1.165, 1.54) is 0 Å². The molecule has 4 N–H and O–H groups in total. The summed E-state index contributed by atoms with van der Waals surface area (Å²) in [7, 11) is -3.47. The highest BCUT2D eigenvalue weighted by Gasteiger charge is 2.16. The maximum absolute atomic E-state index is 11.6. The number of rotatable bonds is 5. The normalized spacial score (nSPS) is 13.9. The number of benzene rings is 1. The lowest BCUT2D eigenvalue weighted by Gasteiger charge is -2.16. The Morgan fingerprint density at radius 2 is 1.59 bits per heavy atom. The van der Waals surface area contributed by atoms with Gasteiger partial charge in [-0.15, -0.1) is 0 Å². The molecule has 1 unspecified atom stereocenters. The molecule has 5 nitrogen and oxygen atoms in total. The van der Waals surface area contributed by atoms with Crippen LogP contribution in [0.4, 0.5) is 5.69 Å². The maximum Gasteiger partial charge on any atom is 0.277 e. The summed E-state index contributed by atoms with van der Waals surface area (Å²) >= 11 is 0. The van der Waals surface area contributed by atoms with Crippen LogP contribution in [0.3, 0.4) is 0 Å². The Labute approximate surface area is 103 Å². The fraction of sp³-hybridized carbons (Fsp3) is 0.455. The van der Waals surface area contributed by atoms with Gasteiger partial charge in [-0.1, -0.05) is 12.1 Å². The van der Waals surface area contributed by atoms with E-state index in [-0.39, 0.29) is 12.1 Å². The lowest BCUT2D eigenvalue weighted by Crippen LogP contribution is -2.41. The molecule has 1 aromatic carbocycles. The molecule has 0 radical (unpaired) electrons. The van der Waals surface area contributed by atoms with Crippen LogP contribution in [-0.4, -0.2) is 14.5 Å². The number of hydrogen-bond acceptors (Lipinski definition) is 3. The molecule has 0 aliphatic rings. The second kappa shape index (κ2) is 5.48. The smallest absolute Gasteiger partial charge is 0.277 e. The van der Waals surface area contributed by atoms with Gasteiger partial charge in [0, 0.05) is 17.8 Å². The van der Waals surface area contributed by atoms with Gasteiger partial charge in [0.1, 0.15) is 0 Å². The van der Waals surface area contributed by atoms with Crippen molar-refractivity contribution in [3.05, 3.63) is 29.8 Å². The van der Waals surface area contributed by atoms with Crippen molar-refractivity contribution in [2.45, 2.75) is 32.9 Å². The summed E-state index contributed by atoms with van der Waals surface area (Å²) in [5, 5.41) is 0. The number of nitrogen functional groups attached to an aromatic ring is 1. The minimum Gasteiger partial charge on any atom is -0.399 e.